The summed E-state index contributed by atoms with van der Waals surface area (Å²) in [5.41, 5.74) is 6.70. The van der Waals surface area contributed by atoms with Gasteiger partial charge >= 0.3 is 0 Å². The smallest absolute Gasteiger partial charge is 0.0787 e. The van der Waals surface area contributed by atoms with Crippen molar-refractivity contribution in [2.75, 3.05) is 13.6 Å². The Hall–Kier alpha value is -1.55. The van der Waals surface area contributed by atoms with E-state index < -0.39 is 0 Å². The van der Waals surface area contributed by atoms with Gasteiger partial charge in [0.1, 0.15) is 0 Å². The van der Waals surface area contributed by atoms with Gasteiger partial charge in [-0.15, -0.1) is 11.3 Å². The van der Waals surface area contributed by atoms with Crippen molar-refractivity contribution in [2.45, 2.75) is 26.4 Å². The van der Waals surface area contributed by atoms with Gasteiger partial charge in [0, 0.05) is 42.7 Å². The highest BCUT2D eigenvalue weighted by Crippen LogP contribution is 2.39. The molecule has 3 heterocycles. The third kappa shape index (κ3) is 2.81. The number of nitrogens with zero attached hydrogens (tertiary/aromatic N) is 2. The maximum absolute atomic E-state index is 6.50. The summed E-state index contributed by atoms with van der Waals surface area (Å²) in [6.45, 7) is 5.14. The van der Waals surface area contributed by atoms with Crippen molar-refractivity contribution in [3.63, 3.8) is 0 Å². The number of rotatable bonds is 3. The number of allylic oxidation sites excluding steroid dienone is 1. The van der Waals surface area contributed by atoms with Crippen LogP contribution in [0.15, 0.2) is 35.7 Å². The molecule has 0 spiro atoms. The van der Waals surface area contributed by atoms with Crippen LogP contribution in [0.25, 0.3) is 16.3 Å². The van der Waals surface area contributed by atoms with Crippen LogP contribution >= 0.6 is 22.9 Å². The van der Waals surface area contributed by atoms with Gasteiger partial charge in [-0.05, 0) is 19.5 Å². The van der Waals surface area contributed by atoms with Crippen molar-refractivity contribution in [2.24, 2.45) is 0 Å². The minimum Gasteiger partial charge on any atom is -0.338 e. The Balaban J connectivity index is 1.70. The summed E-state index contributed by atoms with van der Waals surface area (Å²) >= 11 is 8.28. The summed E-state index contributed by atoms with van der Waals surface area (Å²) in [5.74, 6) is 0. The molecule has 4 rings (SSSR count). The Labute approximate surface area is 152 Å². The highest BCUT2D eigenvalue weighted by atomic mass is 35.5. The molecule has 0 atom stereocenters. The number of aromatic nitrogens is 1. The molecule has 24 heavy (non-hydrogen) atoms. The maximum Gasteiger partial charge on any atom is 0.0787 e. The number of hydrogen-bond acceptors (Lipinski definition) is 2. The molecule has 0 saturated heterocycles. The largest absolute Gasteiger partial charge is 0.338 e. The molecule has 0 unspecified atom stereocenters. The number of halogens is 1. The van der Waals surface area contributed by atoms with E-state index in [2.05, 4.69) is 65.2 Å². The minimum absolute atomic E-state index is 0.875. The zero-order chi connectivity index (χ0) is 16.7. The lowest BCUT2D eigenvalue weighted by Gasteiger charge is -2.24. The Morgan fingerprint density at radius 3 is 3.04 bits per heavy atom. The molecule has 0 N–H and O–H groups in total. The molecule has 0 aliphatic carbocycles. The summed E-state index contributed by atoms with van der Waals surface area (Å²) in [6.07, 6.45) is 5.56. The van der Waals surface area contributed by atoms with Crippen LogP contribution in [0, 0.1) is 6.92 Å². The van der Waals surface area contributed by atoms with E-state index in [1.165, 1.54) is 32.6 Å². The number of aryl methyl sites for hydroxylation is 1. The maximum atomic E-state index is 6.50. The lowest BCUT2D eigenvalue weighted by Crippen LogP contribution is -2.27. The van der Waals surface area contributed by atoms with E-state index in [9.17, 15) is 0 Å². The standard InChI is InChI=1S/C20H21ClN2S/c1-14-5-3-6-15(11-14)7-4-9-23-18-8-10-22(2)12-16(18)20-19(23)17(21)13-24-20/h3-7,11,13H,8-10,12H2,1-2H3. The lowest BCUT2D eigenvalue weighted by atomic mass is 10.1. The molecule has 1 aliphatic rings. The number of likely N-dealkylation sites (N-methyl/N-ethyl adjacent to an activating group) is 1. The first kappa shape index (κ1) is 15.9. The first-order valence-corrected chi connectivity index (χ1v) is 9.58. The molecule has 1 aromatic carbocycles. The number of hydrogen-bond donors (Lipinski definition) is 0. The summed E-state index contributed by atoms with van der Waals surface area (Å²) < 4.78 is 3.79. The third-order valence-corrected chi connectivity index (χ3v) is 6.18. The van der Waals surface area contributed by atoms with Crippen LogP contribution < -0.4 is 0 Å². The van der Waals surface area contributed by atoms with Gasteiger partial charge in [-0.2, -0.15) is 0 Å². The fourth-order valence-corrected chi connectivity index (χ4v) is 4.96. The van der Waals surface area contributed by atoms with Crippen LogP contribution in [0.3, 0.4) is 0 Å². The van der Waals surface area contributed by atoms with Crippen LogP contribution in [0.1, 0.15) is 22.4 Å². The third-order valence-electron chi connectivity index (χ3n) is 4.74. The van der Waals surface area contributed by atoms with E-state index >= 15 is 0 Å². The van der Waals surface area contributed by atoms with Gasteiger partial charge in [0.2, 0.25) is 0 Å². The molecule has 0 radical (unpaired) electrons. The summed E-state index contributed by atoms with van der Waals surface area (Å²) in [4.78, 5) is 2.39. The molecule has 2 nitrogen and oxygen atoms in total. The minimum atomic E-state index is 0.875. The van der Waals surface area contributed by atoms with Gasteiger partial charge in [-0.3, -0.25) is 0 Å². The summed E-state index contributed by atoms with van der Waals surface area (Å²) in [6, 6.07) is 8.60. The van der Waals surface area contributed by atoms with E-state index in [1.54, 1.807) is 11.3 Å². The molecule has 4 heteroatoms. The van der Waals surface area contributed by atoms with Crippen LogP contribution in [-0.2, 0) is 19.5 Å². The van der Waals surface area contributed by atoms with Crippen LogP contribution in [0.2, 0.25) is 5.02 Å². The zero-order valence-corrected chi connectivity index (χ0v) is 15.6. The van der Waals surface area contributed by atoms with E-state index in [4.69, 9.17) is 11.6 Å². The Morgan fingerprint density at radius 2 is 2.21 bits per heavy atom. The second-order valence-electron chi connectivity index (χ2n) is 6.60. The average Bonchev–Trinajstić information content (AvgIpc) is 3.07. The molecule has 0 saturated carbocycles. The quantitative estimate of drug-likeness (QED) is 0.612. The Kier molecular flexibility index (Phi) is 4.25. The van der Waals surface area contributed by atoms with Crippen molar-refractivity contribution in [1.29, 1.82) is 0 Å². The zero-order valence-electron chi connectivity index (χ0n) is 14.1. The number of benzene rings is 1. The van der Waals surface area contributed by atoms with Crippen molar-refractivity contribution in [3.05, 3.63) is 63.1 Å². The molecule has 0 bridgehead atoms. The first-order chi connectivity index (χ1) is 11.6. The van der Waals surface area contributed by atoms with E-state index in [0.29, 0.717) is 0 Å². The van der Waals surface area contributed by atoms with Gasteiger partial charge in [0.15, 0.2) is 0 Å². The monoisotopic (exact) mass is 356 g/mol. The highest BCUT2D eigenvalue weighted by Gasteiger charge is 2.24. The van der Waals surface area contributed by atoms with Gasteiger partial charge in [0.05, 0.1) is 15.2 Å². The predicted octanol–water partition coefficient (Wildman–Crippen LogP) is 5.37. The first-order valence-electron chi connectivity index (χ1n) is 8.32. The normalized spacial score (nSPS) is 15.5. The molecular formula is C20H21ClN2S. The van der Waals surface area contributed by atoms with Gasteiger partial charge in [0.25, 0.3) is 0 Å². The second-order valence-corrected chi connectivity index (χ2v) is 7.89. The molecule has 1 aliphatic heterocycles. The topological polar surface area (TPSA) is 8.17 Å². The van der Waals surface area contributed by atoms with Crippen LogP contribution in [0.4, 0.5) is 0 Å². The summed E-state index contributed by atoms with van der Waals surface area (Å²) in [5, 5.41) is 2.96. The Bertz CT molecular complexity index is 919. The molecule has 2 aromatic heterocycles. The lowest BCUT2D eigenvalue weighted by molar-refractivity contribution is 0.310. The molecule has 124 valence electrons. The predicted molar refractivity (Wildman–Crippen MR) is 105 cm³/mol. The highest BCUT2D eigenvalue weighted by molar-refractivity contribution is 7.18. The molecule has 0 fully saturated rings. The van der Waals surface area contributed by atoms with Crippen molar-refractivity contribution >= 4 is 39.2 Å². The van der Waals surface area contributed by atoms with Gasteiger partial charge < -0.3 is 9.47 Å². The van der Waals surface area contributed by atoms with Crippen LogP contribution in [0.5, 0.6) is 0 Å². The average molecular weight is 357 g/mol. The van der Waals surface area contributed by atoms with Crippen LogP contribution in [-0.4, -0.2) is 23.1 Å². The van der Waals surface area contributed by atoms with Crippen molar-refractivity contribution in [1.82, 2.24) is 9.47 Å². The number of fused-ring (bicyclic) bond motifs is 3. The fourth-order valence-electron chi connectivity index (χ4n) is 3.59. The fraction of sp³-hybridized carbons (Fsp3) is 0.300. The van der Waals surface area contributed by atoms with Gasteiger partial charge in [-0.1, -0.05) is 53.6 Å². The van der Waals surface area contributed by atoms with Crippen molar-refractivity contribution < 1.29 is 0 Å². The van der Waals surface area contributed by atoms with E-state index in [0.717, 1.165) is 31.1 Å². The number of thiophene rings is 1. The Morgan fingerprint density at radius 1 is 1.33 bits per heavy atom. The molecule has 0 amide bonds. The van der Waals surface area contributed by atoms with E-state index in [-0.39, 0.29) is 0 Å². The SMILES string of the molecule is Cc1cccc(C=CCn2c3c(c4scc(Cl)c42)CN(C)CC3)c1. The van der Waals surface area contributed by atoms with E-state index in [1.807, 2.05) is 0 Å². The van der Waals surface area contributed by atoms with Crippen molar-refractivity contribution in [3.8, 4) is 0 Å². The second kappa shape index (κ2) is 6.40. The van der Waals surface area contributed by atoms with Gasteiger partial charge in [-0.25, -0.2) is 0 Å². The molecule has 3 aromatic rings. The summed E-state index contributed by atoms with van der Waals surface area (Å²) in [7, 11) is 2.19. The molecular weight excluding hydrogens is 336 g/mol.